The molecule has 0 bridgehead atoms. The molecule has 0 spiro atoms. The van der Waals surface area contributed by atoms with Gasteiger partial charge in [0.1, 0.15) is 118 Å². The summed E-state index contributed by atoms with van der Waals surface area (Å²) < 4.78 is 35.1. The lowest BCUT2D eigenvalue weighted by atomic mass is 9.69. The molecule has 0 saturated carbocycles. The third-order valence-electron chi connectivity index (χ3n) is 11.4. The highest BCUT2D eigenvalue weighted by Crippen LogP contribution is 2.54. The molecule has 2 saturated heterocycles. The molecular weight excluding hydrogens is 824 g/mol. The van der Waals surface area contributed by atoms with Gasteiger partial charge >= 0.3 is 0 Å². The molecule has 20 heteroatoms. The topological polar surface area (TPSA) is 332 Å². The second kappa shape index (κ2) is 16.8. The smallest absolute Gasteiger partial charge is 0.229 e. The molecule has 12 N–H and O–H groups in total. The molecule has 4 aromatic rings. The highest BCUT2D eigenvalue weighted by Gasteiger charge is 2.54. The van der Waals surface area contributed by atoms with Gasteiger partial charge in [0.15, 0.2) is 11.6 Å². The first-order valence-corrected chi connectivity index (χ1v) is 19.3. The zero-order chi connectivity index (χ0) is 44.3. The summed E-state index contributed by atoms with van der Waals surface area (Å²) in [6, 6.07) is 15.2. The molecule has 4 aliphatic heterocycles. The normalized spacial score (nSPS) is 33.1. The molecule has 4 heterocycles. The van der Waals surface area contributed by atoms with Crippen molar-refractivity contribution in [2.24, 2.45) is 11.8 Å². The third-order valence-corrected chi connectivity index (χ3v) is 11.4. The van der Waals surface area contributed by atoms with Crippen LogP contribution < -0.4 is 18.9 Å². The molecule has 0 aliphatic carbocycles. The fraction of sp³-hybridized carbons (Fsp3) is 0.381. The lowest BCUT2D eigenvalue weighted by molar-refractivity contribution is -0.277. The van der Waals surface area contributed by atoms with Gasteiger partial charge in [-0.25, -0.2) is 0 Å². The Hall–Kier alpha value is -5.78. The number of aliphatic hydroxyl groups is 8. The number of benzene rings is 4. The van der Waals surface area contributed by atoms with Crippen molar-refractivity contribution in [3.05, 3.63) is 95.1 Å². The Morgan fingerprint density at radius 3 is 1.18 bits per heavy atom. The van der Waals surface area contributed by atoms with E-state index in [1.165, 1.54) is 60.7 Å². The van der Waals surface area contributed by atoms with E-state index in [1.54, 1.807) is 0 Å². The van der Waals surface area contributed by atoms with E-state index in [0.29, 0.717) is 0 Å². The number of Topliss-reactive ketones (excluding diaryl/α,β-unsaturated/α-hetero) is 2. The van der Waals surface area contributed by atoms with Crippen molar-refractivity contribution in [2.75, 3.05) is 13.2 Å². The van der Waals surface area contributed by atoms with E-state index in [4.69, 9.17) is 28.4 Å². The van der Waals surface area contributed by atoms with Crippen LogP contribution in [0.2, 0.25) is 0 Å². The van der Waals surface area contributed by atoms with Crippen LogP contribution in [-0.2, 0) is 9.47 Å². The van der Waals surface area contributed by atoms with Gasteiger partial charge in [0.2, 0.25) is 12.6 Å². The number of rotatable bonds is 9. The molecule has 4 aliphatic rings. The van der Waals surface area contributed by atoms with Crippen LogP contribution >= 0.6 is 0 Å². The monoisotopic (exact) mass is 866 g/mol. The Balaban J connectivity index is 1.20. The molecule has 0 unspecified atom stereocenters. The number of carbonyl (C=O) groups excluding carboxylic acids is 2. The van der Waals surface area contributed by atoms with Crippen molar-refractivity contribution in [3.63, 3.8) is 0 Å². The lowest BCUT2D eigenvalue weighted by Crippen LogP contribution is -2.60. The van der Waals surface area contributed by atoms with Gasteiger partial charge in [-0.2, -0.15) is 0 Å². The van der Waals surface area contributed by atoms with Crippen LogP contribution in [0, 0.1) is 11.8 Å². The van der Waals surface area contributed by atoms with E-state index < -0.39 is 133 Å². The van der Waals surface area contributed by atoms with Crippen LogP contribution in [0.3, 0.4) is 0 Å². The number of fused-ring (bicyclic) bond motifs is 2. The summed E-state index contributed by atoms with van der Waals surface area (Å²) in [7, 11) is 0. The van der Waals surface area contributed by atoms with Gasteiger partial charge in [-0.05, 0) is 35.4 Å². The summed E-state index contributed by atoms with van der Waals surface area (Å²) >= 11 is 0. The summed E-state index contributed by atoms with van der Waals surface area (Å²) in [6.45, 7) is -1.50. The standard InChI is InChI=1S/C42H42O20/c43-13-25-31(49)35(53)37(55)41(61-25)57-19-9-21(47)27-23(11-19)59-39(15-1-5-17(45)6-2-15)29(33(27)51)30-34(52)28-22(48)10-20(58-42-38(56)36(54)32(50)26(14-44)62-42)12-24(28)60-40(30)16-3-7-18(46)8-4-16/h1-12,25-26,29-32,35-50,53-56H,13-14H2/t25-,26-,29-,30-,31-,32-,35+,36+,37-,38-,39-,40-,41-,42-/m1/s1. The van der Waals surface area contributed by atoms with Gasteiger partial charge in [-0.3, -0.25) is 9.59 Å². The van der Waals surface area contributed by atoms with E-state index in [9.17, 15) is 70.9 Å². The van der Waals surface area contributed by atoms with Gasteiger partial charge in [-0.1, -0.05) is 24.3 Å². The number of ether oxygens (including phenoxy) is 6. The largest absolute Gasteiger partial charge is 0.508 e. The third kappa shape index (κ3) is 7.59. The van der Waals surface area contributed by atoms with E-state index >= 15 is 0 Å². The highest BCUT2D eigenvalue weighted by atomic mass is 16.7. The molecule has 62 heavy (non-hydrogen) atoms. The molecule has 0 amide bonds. The van der Waals surface area contributed by atoms with Crippen molar-refractivity contribution in [1.29, 1.82) is 0 Å². The Morgan fingerprint density at radius 1 is 0.484 bits per heavy atom. The maximum Gasteiger partial charge on any atom is 0.229 e. The number of aromatic hydroxyl groups is 4. The first-order valence-electron chi connectivity index (χ1n) is 19.3. The van der Waals surface area contributed by atoms with Crippen LogP contribution in [0.1, 0.15) is 44.1 Å². The molecular formula is C42H42O20. The van der Waals surface area contributed by atoms with Crippen molar-refractivity contribution in [3.8, 4) is 46.0 Å². The Morgan fingerprint density at radius 2 is 0.839 bits per heavy atom. The Bertz CT molecular complexity index is 2140. The maximum absolute atomic E-state index is 15.0. The number of phenolic OH excluding ortho intramolecular Hbond substituents is 4. The summed E-state index contributed by atoms with van der Waals surface area (Å²) in [5.74, 6) is -7.62. The zero-order valence-corrected chi connectivity index (χ0v) is 32.1. The van der Waals surface area contributed by atoms with Gasteiger partial charge in [0.25, 0.3) is 0 Å². The summed E-state index contributed by atoms with van der Waals surface area (Å²) in [5.41, 5.74) is -0.326. The van der Waals surface area contributed by atoms with E-state index in [2.05, 4.69) is 0 Å². The predicted molar refractivity (Wildman–Crippen MR) is 204 cm³/mol. The maximum atomic E-state index is 15.0. The van der Waals surface area contributed by atoms with Crippen molar-refractivity contribution in [1.82, 2.24) is 0 Å². The molecule has 0 radical (unpaired) electrons. The predicted octanol–water partition coefficient (Wildman–Crippen LogP) is -0.568. The fourth-order valence-corrected chi connectivity index (χ4v) is 8.18. The summed E-state index contributed by atoms with van der Waals surface area (Å²) in [5, 5.41) is 125. The van der Waals surface area contributed by atoms with Crippen molar-refractivity contribution in [2.45, 2.75) is 73.6 Å². The average molecular weight is 867 g/mol. The summed E-state index contributed by atoms with van der Waals surface area (Å²) in [6.07, 6.45) is -19.4. The first kappa shape index (κ1) is 42.9. The van der Waals surface area contributed by atoms with E-state index in [-0.39, 0.29) is 45.6 Å². The molecule has 330 valence electrons. The minimum atomic E-state index is -1.83. The van der Waals surface area contributed by atoms with Gasteiger partial charge in [0, 0.05) is 24.3 Å². The second-order valence-corrected chi connectivity index (χ2v) is 15.3. The Labute approximate surface area is 350 Å². The molecule has 4 aromatic carbocycles. The SMILES string of the molecule is O=C1c2c(O)cc(O[C@@H]3O[C@H](CO)[C@@H](O)[C@H](O)[C@H]3O)cc2O[C@H](c2ccc(O)cc2)[C@@H]1[C@@H]1C(=O)c2c(O)cc(O[C@@H]3O[C@H](CO)[C@@H](O)[C@H](O)[C@H]3O)cc2O[C@@H]1c1ccc(O)cc1. The number of phenols is 4. The number of hydrogen-bond donors (Lipinski definition) is 12. The van der Waals surface area contributed by atoms with Crippen molar-refractivity contribution < 1.29 is 99.3 Å². The molecule has 2 fully saturated rings. The van der Waals surface area contributed by atoms with Crippen molar-refractivity contribution >= 4 is 11.6 Å². The van der Waals surface area contributed by atoms with Crippen LogP contribution in [0.15, 0.2) is 72.8 Å². The number of ketones is 2. The average Bonchev–Trinajstić information content (AvgIpc) is 3.24. The number of hydrogen-bond acceptors (Lipinski definition) is 20. The zero-order valence-electron chi connectivity index (χ0n) is 32.1. The second-order valence-electron chi connectivity index (χ2n) is 15.3. The van der Waals surface area contributed by atoms with Gasteiger partial charge < -0.3 is 89.7 Å². The fourth-order valence-electron chi connectivity index (χ4n) is 8.18. The van der Waals surface area contributed by atoms with E-state index in [1.807, 2.05) is 0 Å². The van der Waals surface area contributed by atoms with Crippen LogP contribution in [-0.4, -0.2) is 147 Å². The number of carbonyl (C=O) groups is 2. The molecule has 20 nitrogen and oxygen atoms in total. The Kier molecular flexibility index (Phi) is 11.6. The molecule has 14 atom stereocenters. The minimum Gasteiger partial charge on any atom is -0.508 e. The van der Waals surface area contributed by atoms with Gasteiger partial charge in [0.05, 0.1) is 25.0 Å². The molecule has 0 aromatic heterocycles. The summed E-state index contributed by atoms with van der Waals surface area (Å²) in [4.78, 5) is 30.0. The van der Waals surface area contributed by atoms with Crippen LogP contribution in [0.5, 0.6) is 46.0 Å². The van der Waals surface area contributed by atoms with E-state index in [0.717, 1.165) is 12.1 Å². The quantitative estimate of drug-likeness (QED) is 0.100. The van der Waals surface area contributed by atoms with Gasteiger partial charge in [-0.15, -0.1) is 0 Å². The minimum absolute atomic E-state index is 0.152. The van der Waals surface area contributed by atoms with Crippen LogP contribution in [0.25, 0.3) is 0 Å². The lowest BCUT2D eigenvalue weighted by Gasteiger charge is -2.42. The molecule has 8 rings (SSSR count). The highest BCUT2D eigenvalue weighted by molar-refractivity contribution is 6.11. The number of aliphatic hydroxyl groups excluding tert-OH is 8. The van der Waals surface area contributed by atoms with Crippen LogP contribution in [0.4, 0.5) is 0 Å². The first-order chi connectivity index (χ1) is 29.6.